The SMILES string of the molecule is Cn1ccnc1[C@@](O)(CC(=O)NC1(c2ccccc2)CCC1)C(F)(F)F. The van der Waals surface area contributed by atoms with E-state index in [0.717, 1.165) is 22.7 Å². The number of imidazole rings is 1. The Kier molecular flexibility index (Phi) is 4.56. The zero-order valence-electron chi connectivity index (χ0n) is 14.3. The van der Waals surface area contributed by atoms with E-state index in [1.54, 1.807) is 0 Å². The van der Waals surface area contributed by atoms with Gasteiger partial charge in [0.15, 0.2) is 5.82 Å². The van der Waals surface area contributed by atoms with Crippen LogP contribution < -0.4 is 5.32 Å². The number of benzene rings is 1. The number of hydrogen-bond donors (Lipinski definition) is 2. The standard InChI is InChI=1S/C18H20F3N3O2/c1-24-11-10-22-15(24)17(26,18(19,20)21)12-14(25)23-16(8-5-9-16)13-6-3-2-4-7-13/h2-4,6-7,10-11,26H,5,8-9,12H2,1H3,(H,23,25)/t17-/m0/s1. The van der Waals surface area contributed by atoms with Crippen LogP contribution in [0, 0.1) is 0 Å². The summed E-state index contributed by atoms with van der Waals surface area (Å²) < 4.78 is 41.8. The van der Waals surface area contributed by atoms with E-state index in [2.05, 4.69) is 10.3 Å². The third-order valence-corrected chi connectivity index (χ3v) is 4.99. The van der Waals surface area contributed by atoms with Crippen molar-refractivity contribution in [3.63, 3.8) is 0 Å². The van der Waals surface area contributed by atoms with Crippen molar-refractivity contribution in [1.82, 2.24) is 14.9 Å². The largest absolute Gasteiger partial charge is 0.425 e. The van der Waals surface area contributed by atoms with Crippen molar-refractivity contribution in [2.45, 2.75) is 43.0 Å². The topological polar surface area (TPSA) is 67.1 Å². The van der Waals surface area contributed by atoms with Crippen molar-refractivity contribution in [2.24, 2.45) is 7.05 Å². The first kappa shape index (κ1) is 18.4. The Morgan fingerprint density at radius 1 is 1.31 bits per heavy atom. The van der Waals surface area contributed by atoms with Crippen LogP contribution in [0.2, 0.25) is 0 Å². The first-order valence-electron chi connectivity index (χ1n) is 8.31. The molecule has 5 nitrogen and oxygen atoms in total. The molecule has 0 spiro atoms. The predicted molar refractivity (Wildman–Crippen MR) is 87.9 cm³/mol. The highest BCUT2D eigenvalue weighted by atomic mass is 19.4. The molecule has 1 aliphatic rings. The van der Waals surface area contributed by atoms with Gasteiger partial charge < -0.3 is 15.0 Å². The molecule has 1 fully saturated rings. The van der Waals surface area contributed by atoms with Crippen molar-refractivity contribution in [3.8, 4) is 0 Å². The Morgan fingerprint density at radius 3 is 2.42 bits per heavy atom. The molecule has 140 valence electrons. The third-order valence-electron chi connectivity index (χ3n) is 4.99. The van der Waals surface area contributed by atoms with Gasteiger partial charge in [0.25, 0.3) is 0 Å². The highest BCUT2D eigenvalue weighted by Gasteiger charge is 2.59. The lowest BCUT2D eigenvalue weighted by molar-refractivity contribution is -0.271. The summed E-state index contributed by atoms with van der Waals surface area (Å²) in [7, 11) is 1.34. The number of halogens is 3. The summed E-state index contributed by atoms with van der Waals surface area (Å²) in [6.45, 7) is 0. The maximum Gasteiger partial charge on any atom is 0.425 e. The van der Waals surface area contributed by atoms with Crippen LogP contribution >= 0.6 is 0 Å². The van der Waals surface area contributed by atoms with E-state index in [0.29, 0.717) is 12.8 Å². The lowest BCUT2D eigenvalue weighted by atomic mass is 9.71. The number of hydrogen-bond acceptors (Lipinski definition) is 3. The number of aryl methyl sites for hydroxylation is 1. The number of alkyl halides is 3. The van der Waals surface area contributed by atoms with Crippen LogP contribution in [0.3, 0.4) is 0 Å². The predicted octanol–water partition coefficient (Wildman–Crippen LogP) is 2.76. The summed E-state index contributed by atoms with van der Waals surface area (Å²) in [5, 5.41) is 13.1. The molecule has 0 saturated heterocycles. The van der Waals surface area contributed by atoms with Gasteiger partial charge in [-0.25, -0.2) is 4.98 Å². The molecule has 1 amide bonds. The van der Waals surface area contributed by atoms with E-state index in [-0.39, 0.29) is 0 Å². The van der Waals surface area contributed by atoms with Crippen LogP contribution in [-0.4, -0.2) is 26.7 Å². The van der Waals surface area contributed by atoms with E-state index in [1.807, 2.05) is 30.3 Å². The summed E-state index contributed by atoms with van der Waals surface area (Å²) in [6.07, 6.45) is -1.56. The minimum Gasteiger partial charge on any atom is -0.374 e. The Balaban J connectivity index is 1.84. The van der Waals surface area contributed by atoms with Crippen molar-refractivity contribution in [2.75, 3.05) is 0 Å². The zero-order chi connectivity index (χ0) is 19.0. The van der Waals surface area contributed by atoms with Crippen LogP contribution in [0.1, 0.15) is 37.1 Å². The van der Waals surface area contributed by atoms with Crippen LogP contribution in [0.4, 0.5) is 13.2 Å². The number of aliphatic hydroxyl groups is 1. The maximum atomic E-state index is 13.6. The first-order valence-corrected chi connectivity index (χ1v) is 8.31. The lowest BCUT2D eigenvalue weighted by Gasteiger charge is -2.43. The normalized spacial score (nSPS) is 18.7. The van der Waals surface area contributed by atoms with Gasteiger partial charge in [0.2, 0.25) is 11.5 Å². The van der Waals surface area contributed by atoms with Gasteiger partial charge in [-0.3, -0.25) is 4.79 Å². The molecular formula is C18H20F3N3O2. The molecule has 1 saturated carbocycles. The molecule has 1 aromatic carbocycles. The summed E-state index contributed by atoms with van der Waals surface area (Å²) in [5.74, 6) is -1.47. The number of nitrogens with one attached hydrogen (secondary N) is 1. The second kappa shape index (κ2) is 6.42. The van der Waals surface area contributed by atoms with Crippen LogP contribution in [0.5, 0.6) is 0 Å². The van der Waals surface area contributed by atoms with Gasteiger partial charge in [0.1, 0.15) is 0 Å². The minimum absolute atomic E-state index is 0.609. The van der Waals surface area contributed by atoms with Gasteiger partial charge in [-0.1, -0.05) is 30.3 Å². The second-order valence-corrected chi connectivity index (χ2v) is 6.75. The van der Waals surface area contributed by atoms with Gasteiger partial charge >= 0.3 is 6.18 Å². The average molecular weight is 367 g/mol. The Labute approximate surface area is 148 Å². The van der Waals surface area contributed by atoms with Gasteiger partial charge in [-0.2, -0.15) is 13.2 Å². The van der Waals surface area contributed by atoms with Gasteiger partial charge in [-0.15, -0.1) is 0 Å². The first-order chi connectivity index (χ1) is 12.2. The molecule has 1 aliphatic carbocycles. The van der Waals surface area contributed by atoms with Crippen LogP contribution in [0.15, 0.2) is 42.7 Å². The monoisotopic (exact) mass is 367 g/mol. The smallest absolute Gasteiger partial charge is 0.374 e. The van der Waals surface area contributed by atoms with Crippen molar-refractivity contribution < 1.29 is 23.1 Å². The number of rotatable bonds is 5. The zero-order valence-corrected chi connectivity index (χ0v) is 14.3. The molecule has 0 unspecified atom stereocenters. The van der Waals surface area contributed by atoms with E-state index < -0.39 is 35.5 Å². The molecule has 26 heavy (non-hydrogen) atoms. The summed E-state index contributed by atoms with van der Waals surface area (Å²) in [4.78, 5) is 16.1. The maximum absolute atomic E-state index is 13.6. The fourth-order valence-corrected chi connectivity index (χ4v) is 3.39. The molecule has 1 heterocycles. The summed E-state index contributed by atoms with van der Waals surface area (Å²) >= 11 is 0. The Morgan fingerprint density at radius 2 is 1.96 bits per heavy atom. The van der Waals surface area contributed by atoms with Crippen LogP contribution in [0.25, 0.3) is 0 Å². The van der Waals surface area contributed by atoms with E-state index >= 15 is 0 Å². The molecule has 1 atom stereocenters. The van der Waals surface area contributed by atoms with Gasteiger partial charge in [0, 0.05) is 19.4 Å². The molecule has 3 rings (SSSR count). The Bertz CT molecular complexity index is 784. The number of carbonyl (C=O) groups is 1. The van der Waals surface area contributed by atoms with E-state index in [9.17, 15) is 23.1 Å². The summed E-state index contributed by atoms with van der Waals surface area (Å²) in [5.41, 5.74) is -3.17. The molecule has 2 aromatic rings. The fourth-order valence-electron chi connectivity index (χ4n) is 3.39. The molecule has 0 bridgehead atoms. The number of amides is 1. The van der Waals surface area contributed by atoms with Crippen LogP contribution in [-0.2, 0) is 23.0 Å². The number of nitrogens with zero attached hydrogens (tertiary/aromatic N) is 2. The third kappa shape index (κ3) is 3.09. The number of aromatic nitrogens is 2. The molecule has 8 heteroatoms. The molecule has 0 aliphatic heterocycles. The highest BCUT2D eigenvalue weighted by molar-refractivity contribution is 5.78. The highest BCUT2D eigenvalue weighted by Crippen LogP contribution is 2.43. The Hall–Kier alpha value is -2.35. The number of carbonyl (C=O) groups excluding carboxylic acids is 1. The minimum atomic E-state index is -5.04. The lowest BCUT2D eigenvalue weighted by Crippen LogP contribution is -2.54. The molecule has 0 radical (unpaired) electrons. The van der Waals surface area contributed by atoms with E-state index in [1.165, 1.54) is 13.2 Å². The second-order valence-electron chi connectivity index (χ2n) is 6.75. The van der Waals surface area contributed by atoms with Gasteiger partial charge in [-0.05, 0) is 24.8 Å². The van der Waals surface area contributed by atoms with E-state index in [4.69, 9.17) is 0 Å². The van der Waals surface area contributed by atoms with Gasteiger partial charge in [0.05, 0.1) is 12.0 Å². The van der Waals surface area contributed by atoms with Crippen molar-refractivity contribution in [1.29, 1.82) is 0 Å². The molecular weight excluding hydrogens is 347 g/mol. The van der Waals surface area contributed by atoms with Crippen molar-refractivity contribution >= 4 is 5.91 Å². The molecule has 2 N–H and O–H groups in total. The quantitative estimate of drug-likeness (QED) is 0.854. The average Bonchev–Trinajstić information content (AvgIpc) is 2.97. The van der Waals surface area contributed by atoms with Crippen molar-refractivity contribution in [3.05, 3.63) is 54.1 Å². The molecule has 1 aromatic heterocycles. The summed E-state index contributed by atoms with van der Waals surface area (Å²) in [6, 6.07) is 9.16. The fraction of sp³-hybridized carbons (Fsp3) is 0.444.